The van der Waals surface area contributed by atoms with E-state index in [2.05, 4.69) is 23.9 Å². The molecular weight excluding hydrogens is 300 g/mol. The number of hydrogen-bond acceptors (Lipinski definition) is 6. The fourth-order valence-electron chi connectivity index (χ4n) is 3.73. The van der Waals surface area contributed by atoms with Crippen molar-refractivity contribution in [2.45, 2.75) is 57.7 Å². The van der Waals surface area contributed by atoms with Gasteiger partial charge >= 0.3 is 11.9 Å². The highest BCUT2D eigenvalue weighted by Gasteiger charge is 2.38. The number of ether oxygens (including phenoxy) is 1. The van der Waals surface area contributed by atoms with Crippen LogP contribution in [-0.4, -0.2) is 48.6 Å². The molecule has 0 aromatic rings. The summed E-state index contributed by atoms with van der Waals surface area (Å²) in [6, 6.07) is -1.79. The fraction of sp³-hybridized carbons (Fsp3) is 0.812. The minimum atomic E-state index is -1.04. The first-order valence-electron chi connectivity index (χ1n) is 8.06. The van der Waals surface area contributed by atoms with E-state index in [1.165, 1.54) is 7.11 Å². The number of carboxylic acids is 1. The average molecular weight is 328 g/mol. The molecule has 7 heteroatoms. The van der Waals surface area contributed by atoms with Gasteiger partial charge in [0.1, 0.15) is 12.3 Å². The predicted molar refractivity (Wildman–Crippen MR) is 84.7 cm³/mol. The summed E-state index contributed by atoms with van der Waals surface area (Å²) in [5.74, 6) is -0.468. The van der Waals surface area contributed by atoms with Crippen LogP contribution in [0.2, 0.25) is 0 Å². The second-order valence-corrected chi connectivity index (χ2v) is 6.59. The second kappa shape index (κ2) is 8.98. The molecule has 0 bridgehead atoms. The molecule has 4 unspecified atom stereocenters. The van der Waals surface area contributed by atoms with Gasteiger partial charge in [0.05, 0.1) is 19.6 Å². The Morgan fingerprint density at radius 2 is 1.91 bits per heavy atom. The summed E-state index contributed by atoms with van der Waals surface area (Å²) in [6.07, 6.45) is 2.78. The molecular formula is C16H28N2O5. The van der Waals surface area contributed by atoms with Crippen molar-refractivity contribution in [2.75, 3.05) is 7.11 Å². The average Bonchev–Trinajstić information content (AvgIpc) is 2.83. The third-order valence-electron chi connectivity index (χ3n) is 4.85. The van der Waals surface area contributed by atoms with Crippen molar-refractivity contribution in [3.8, 4) is 0 Å². The summed E-state index contributed by atoms with van der Waals surface area (Å²) < 4.78 is 4.67. The van der Waals surface area contributed by atoms with Gasteiger partial charge in [-0.3, -0.25) is 9.59 Å². The fourth-order valence-corrected chi connectivity index (χ4v) is 3.73. The summed E-state index contributed by atoms with van der Waals surface area (Å²) in [5.41, 5.74) is 5.89. The summed E-state index contributed by atoms with van der Waals surface area (Å²) in [5, 5.41) is 12.0. The first kappa shape index (κ1) is 19.6. The number of rotatable bonds is 9. The molecule has 0 heterocycles. The van der Waals surface area contributed by atoms with Gasteiger partial charge in [-0.1, -0.05) is 26.7 Å². The molecule has 1 fully saturated rings. The molecule has 7 nitrogen and oxygen atoms in total. The molecule has 132 valence electrons. The molecule has 1 aliphatic carbocycles. The zero-order valence-electron chi connectivity index (χ0n) is 14.0. The normalized spacial score (nSPS) is 27.9. The predicted octanol–water partition coefficient (Wildman–Crippen LogP) is 0.559. The Kier molecular flexibility index (Phi) is 7.64. The van der Waals surface area contributed by atoms with Gasteiger partial charge in [0, 0.05) is 6.04 Å². The van der Waals surface area contributed by atoms with Crippen LogP contribution in [-0.2, 0) is 19.1 Å². The van der Waals surface area contributed by atoms with Gasteiger partial charge in [0.15, 0.2) is 0 Å². The first-order chi connectivity index (χ1) is 10.8. The number of esters is 1. The van der Waals surface area contributed by atoms with Gasteiger partial charge in [-0.25, -0.2) is 0 Å². The van der Waals surface area contributed by atoms with Crippen LogP contribution in [0.25, 0.3) is 0 Å². The Balaban J connectivity index is 2.88. The van der Waals surface area contributed by atoms with Crippen LogP contribution in [0.5, 0.6) is 0 Å². The Labute approximate surface area is 136 Å². The van der Waals surface area contributed by atoms with Crippen LogP contribution in [0.1, 0.15) is 39.5 Å². The van der Waals surface area contributed by atoms with Crippen molar-refractivity contribution in [1.82, 2.24) is 5.32 Å². The lowest BCUT2D eigenvalue weighted by Crippen LogP contribution is -2.50. The van der Waals surface area contributed by atoms with Crippen molar-refractivity contribution in [2.24, 2.45) is 23.5 Å². The number of hydrogen-bond donors (Lipinski definition) is 3. The minimum Gasteiger partial charge on any atom is -0.481 e. The number of nitrogens with one attached hydrogen (secondary N) is 1. The number of carboxylic acid groups (broad SMARTS) is 1. The van der Waals surface area contributed by atoms with Gasteiger partial charge in [-0.05, 0) is 24.2 Å². The topological polar surface area (TPSA) is 119 Å². The minimum absolute atomic E-state index is 0.203. The van der Waals surface area contributed by atoms with E-state index in [0.717, 1.165) is 12.8 Å². The van der Waals surface area contributed by atoms with Gasteiger partial charge in [0.25, 0.3) is 0 Å². The van der Waals surface area contributed by atoms with Gasteiger partial charge in [-0.2, -0.15) is 0 Å². The monoisotopic (exact) mass is 328 g/mol. The number of aliphatic carboxylic acids is 1. The summed E-state index contributed by atoms with van der Waals surface area (Å²) in [4.78, 5) is 33.7. The molecule has 1 aliphatic rings. The van der Waals surface area contributed by atoms with Crippen LogP contribution < -0.4 is 11.1 Å². The molecule has 1 rings (SSSR count). The Morgan fingerprint density at radius 3 is 2.35 bits per heavy atom. The number of carbonyl (C=O) groups is 3. The van der Waals surface area contributed by atoms with Crippen molar-refractivity contribution in [1.29, 1.82) is 0 Å². The maximum atomic E-state index is 11.6. The SMILES string of the molecule is COC(=O)C(N)CC(N[C@H](C=O)CC(=O)O)C1C(C)CCC1C. The number of carbonyl (C=O) groups excluding carboxylic acids is 2. The maximum Gasteiger partial charge on any atom is 0.322 e. The van der Waals surface area contributed by atoms with E-state index in [0.29, 0.717) is 24.5 Å². The van der Waals surface area contributed by atoms with Crippen molar-refractivity contribution in [3.63, 3.8) is 0 Å². The smallest absolute Gasteiger partial charge is 0.322 e. The Hall–Kier alpha value is -1.47. The summed E-state index contributed by atoms with van der Waals surface area (Å²) in [7, 11) is 1.28. The standard InChI is InChI=1S/C16H28N2O5/c1-9-4-5-10(2)15(9)13(7-12(17)16(22)23-3)18-11(8-19)6-14(20)21/h8-13,15,18H,4-7,17H2,1-3H3,(H,20,21)/t9?,10?,11-,12?,13?,15?/m0/s1. The zero-order chi connectivity index (χ0) is 17.6. The third-order valence-corrected chi connectivity index (χ3v) is 4.85. The molecule has 0 aromatic carbocycles. The van der Waals surface area contributed by atoms with Gasteiger partial charge in [0.2, 0.25) is 0 Å². The van der Waals surface area contributed by atoms with Crippen molar-refractivity contribution >= 4 is 18.2 Å². The largest absolute Gasteiger partial charge is 0.481 e. The Bertz CT molecular complexity index is 419. The van der Waals surface area contributed by atoms with E-state index in [-0.39, 0.29) is 18.4 Å². The molecule has 23 heavy (non-hydrogen) atoms. The van der Waals surface area contributed by atoms with Crippen LogP contribution in [0.3, 0.4) is 0 Å². The molecule has 0 aliphatic heterocycles. The van der Waals surface area contributed by atoms with E-state index < -0.39 is 24.0 Å². The molecule has 1 saturated carbocycles. The number of methoxy groups -OCH3 is 1. The molecule has 0 amide bonds. The zero-order valence-corrected chi connectivity index (χ0v) is 14.0. The molecule has 0 radical (unpaired) electrons. The van der Waals surface area contributed by atoms with Crippen LogP contribution >= 0.6 is 0 Å². The summed E-state index contributed by atoms with van der Waals surface area (Å²) in [6.45, 7) is 4.28. The Morgan fingerprint density at radius 1 is 1.35 bits per heavy atom. The lowest BCUT2D eigenvalue weighted by atomic mass is 9.81. The highest BCUT2D eigenvalue weighted by Crippen LogP contribution is 2.39. The van der Waals surface area contributed by atoms with Crippen LogP contribution in [0.4, 0.5) is 0 Å². The quantitative estimate of drug-likeness (QED) is 0.418. The maximum absolute atomic E-state index is 11.6. The highest BCUT2D eigenvalue weighted by atomic mass is 16.5. The van der Waals surface area contributed by atoms with E-state index in [9.17, 15) is 14.4 Å². The van der Waals surface area contributed by atoms with Crippen LogP contribution in [0.15, 0.2) is 0 Å². The van der Waals surface area contributed by atoms with Gasteiger partial charge in [-0.15, -0.1) is 0 Å². The molecule has 0 saturated heterocycles. The highest BCUT2D eigenvalue weighted by molar-refractivity contribution is 5.75. The molecule has 0 spiro atoms. The van der Waals surface area contributed by atoms with E-state index in [1.54, 1.807) is 0 Å². The van der Waals surface area contributed by atoms with Crippen molar-refractivity contribution in [3.05, 3.63) is 0 Å². The molecule has 0 aromatic heterocycles. The van der Waals surface area contributed by atoms with Gasteiger partial charge < -0.3 is 25.7 Å². The second-order valence-electron chi connectivity index (χ2n) is 6.59. The lowest BCUT2D eigenvalue weighted by Gasteiger charge is -2.34. The molecule has 5 atom stereocenters. The number of aldehydes is 1. The van der Waals surface area contributed by atoms with E-state index >= 15 is 0 Å². The van der Waals surface area contributed by atoms with Crippen molar-refractivity contribution < 1.29 is 24.2 Å². The third kappa shape index (κ3) is 5.58. The summed E-state index contributed by atoms with van der Waals surface area (Å²) >= 11 is 0. The lowest BCUT2D eigenvalue weighted by molar-refractivity contribution is -0.143. The van der Waals surface area contributed by atoms with E-state index in [4.69, 9.17) is 10.8 Å². The molecule has 4 N–H and O–H groups in total. The number of nitrogens with two attached hydrogens (primary N) is 1. The first-order valence-corrected chi connectivity index (χ1v) is 8.06. The van der Waals surface area contributed by atoms with Crippen LogP contribution in [0, 0.1) is 17.8 Å². The van der Waals surface area contributed by atoms with E-state index in [1.807, 2.05) is 0 Å².